The molecule has 1 aliphatic carbocycles. The van der Waals surface area contributed by atoms with Crippen LogP contribution < -0.4 is 31.1 Å². The van der Waals surface area contributed by atoms with Crippen molar-refractivity contribution in [2.45, 2.75) is 21.6 Å². The highest BCUT2D eigenvalue weighted by molar-refractivity contribution is 9.11. The Labute approximate surface area is 299 Å². The van der Waals surface area contributed by atoms with Gasteiger partial charge >= 0.3 is 10.1 Å². The Morgan fingerprint density at radius 1 is 0.940 bits per heavy atom. The topological polar surface area (TPSA) is 324 Å². The molecule has 2 heterocycles. The number of aromatic nitrogens is 1. The molecule has 0 bridgehead atoms. The van der Waals surface area contributed by atoms with Crippen LogP contribution in [0.4, 0.5) is 28.4 Å². The molecule has 0 aromatic heterocycles. The fourth-order valence-electron chi connectivity index (χ4n) is 4.93. The normalized spacial score (nSPS) is 14.2. The van der Waals surface area contributed by atoms with Gasteiger partial charge in [0.1, 0.15) is 38.5 Å². The zero-order chi connectivity index (χ0) is 36.8. The van der Waals surface area contributed by atoms with Gasteiger partial charge in [-0.15, -0.1) is 0 Å². The summed E-state index contributed by atoms with van der Waals surface area (Å²) in [5, 5.41) is 1.86. The number of nitrogens with zero attached hydrogens (tertiary/aromatic N) is 2. The lowest BCUT2D eigenvalue weighted by atomic mass is 10.1. The number of benzene rings is 4. The molecular formula is C25H16Br2N5O14S4-. The first-order chi connectivity index (χ1) is 23.1. The predicted molar refractivity (Wildman–Crippen MR) is 180 cm³/mol. The fourth-order valence-corrected chi connectivity index (χ4v) is 8.56. The van der Waals surface area contributed by atoms with Crippen LogP contribution in [0.3, 0.4) is 0 Å². The molecule has 6 rings (SSSR count). The Morgan fingerprint density at radius 3 is 2.20 bits per heavy atom. The minimum Gasteiger partial charge on any atom is -0.740 e. The standard InChI is InChI=1S/C25H17Br2N5O14S4/c1-7-4-13(46-47(33)34)9(29)5-11(7)31-17-14(48(35,36)37)6-12-21(25(17)50(41,42)43)45-23-15(26)18-22(16(27)19(23)32-12)44-20-10(30-18)3-2-8(28)24(20)49(38,39)40/h2-6,30H,28-29H2,1H3,(H,33,34)(H,35,36,37)(H,38,39,40)(H,41,42,43)/p-1. The molecule has 0 saturated carbocycles. The smallest absolute Gasteiger partial charge is 0.300 e. The average molecular weight is 899 g/mol. The minimum atomic E-state index is -5.48. The molecule has 8 N–H and O–H groups in total. The van der Waals surface area contributed by atoms with Crippen molar-refractivity contribution in [3.05, 3.63) is 50.2 Å². The van der Waals surface area contributed by atoms with Crippen LogP contribution in [0.2, 0.25) is 0 Å². The third-order valence-electron chi connectivity index (χ3n) is 6.98. The van der Waals surface area contributed by atoms with E-state index in [4.69, 9.17) is 20.6 Å². The van der Waals surface area contributed by atoms with E-state index >= 15 is 0 Å². The monoisotopic (exact) mass is 896 g/mol. The fraction of sp³-hybridized carbons (Fsp3) is 0.0400. The summed E-state index contributed by atoms with van der Waals surface area (Å²) in [6.07, 6.45) is 0. The molecule has 0 amide bonds. The Kier molecular flexibility index (Phi) is 8.69. The van der Waals surface area contributed by atoms with Crippen LogP contribution in [-0.2, 0) is 41.7 Å². The zero-order valence-corrected chi connectivity index (χ0v) is 30.6. The molecule has 2 aliphatic heterocycles. The van der Waals surface area contributed by atoms with Crippen LogP contribution in [-0.4, -0.2) is 52.7 Å². The van der Waals surface area contributed by atoms with Crippen molar-refractivity contribution in [1.82, 2.24) is 4.98 Å². The molecule has 1 atom stereocenters. The summed E-state index contributed by atoms with van der Waals surface area (Å²) >= 11 is 3.57. The molecule has 0 spiro atoms. The SMILES string of the molecule is Cc1cc(OS(=O)[O-])c(N)cc1N=c1c(S(=O)(=O)O)cc2nc3c(Br)c4c(c(Br)c3oc-2c1S(=O)(=O)O)Nc1ccc(N)c(S(=O)(=O)O)c1O4. The molecular weight excluding hydrogens is 882 g/mol. The van der Waals surface area contributed by atoms with E-state index in [-0.39, 0.29) is 65.5 Å². The van der Waals surface area contributed by atoms with Gasteiger partial charge in [0.05, 0.1) is 31.7 Å². The summed E-state index contributed by atoms with van der Waals surface area (Å²) < 4.78 is 144. The molecule has 3 aliphatic rings. The number of anilines is 4. The number of aryl methyl sites for hydroxylation is 1. The van der Waals surface area contributed by atoms with Crippen LogP contribution in [0.5, 0.6) is 17.2 Å². The summed E-state index contributed by atoms with van der Waals surface area (Å²) in [5.74, 6) is -1.62. The number of nitrogens with one attached hydrogen (secondary N) is 1. The van der Waals surface area contributed by atoms with Gasteiger partial charge in [0, 0.05) is 0 Å². The maximum Gasteiger partial charge on any atom is 0.300 e. The molecule has 0 radical (unpaired) electrons. The van der Waals surface area contributed by atoms with Crippen molar-refractivity contribution < 1.29 is 61.0 Å². The lowest BCUT2D eigenvalue weighted by Crippen LogP contribution is -2.24. The Bertz CT molecular complexity index is 2760. The highest BCUT2D eigenvalue weighted by Crippen LogP contribution is 2.55. The first kappa shape index (κ1) is 35.9. The Balaban J connectivity index is 1.71. The van der Waals surface area contributed by atoms with E-state index in [1.165, 1.54) is 19.1 Å². The van der Waals surface area contributed by atoms with E-state index in [1.807, 2.05) is 0 Å². The largest absolute Gasteiger partial charge is 0.740 e. The van der Waals surface area contributed by atoms with Gasteiger partial charge in [-0.2, -0.15) is 25.3 Å². The maximum absolute atomic E-state index is 12.9. The number of halogens is 2. The van der Waals surface area contributed by atoms with E-state index in [1.54, 1.807) is 0 Å². The Hall–Kier alpha value is -3.92. The lowest BCUT2D eigenvalue weighted by molar-refractivity contribution is 0.440. The van der Waals surface area contributed by atoms with Gasteiger partial charge < -0.3 is 34.7 Å². The third-order valence-corrected chi connectivity index (χ3v) is 11.5. The predicted octanol–water partition coefficient (Wildman–Crippen LogP) is 3.93. The average Bonchev–Trinajstić information content (AvgIpc) is 2.98. The second kappa shape index (κ2) is 12.1. The molecule has 0 fully saturated rings. The van der Waals surface area contributed by atoms with Crippen LogP contribution in [0.15, 0.2) is 63.4 Å². The number of hydrogen-bond acceptors (Lipinski definition) is 16. The van der Waals surface area contributed by atoms with Crippen molar-refractivity contribution in [1.29, 1.82) is 0 Å². The molecule has 19 nitrogen and oxygen atoms in total. The van der Waals surface area contributed by atoms with Gasteiger partial charge in [-0.25, -0.2) is 14.2 Å². The molecule has 3 aromatic rings. The van der Waals surface area contributed by atoms with Gasteiger partial charge in [0.25, 0.3) is 20.2 Å². The van der Waals surface area contributed by atoms with E-state index in [0.29, 0.717) is 6.07 Å². The second-order valence-electron chi connectivity index (χ2n) is 10.2. The van der Waals surface area contributed by atoms with Crippen LogP contribution in [0, 0.1) is 6.92 Å². The molecule has 264 valence electrons. The number of ether oxygens (including phenoxy) is 1. The zero-order valence-electron chi connectivity index (χ0n) is 24.2. The Morgan fingerprint density at radius 2 is 1.60 bits per heavy atom. The summed E-state index contributed by atoms with van der Waals surface area (Å²) in [6.45, 7) is 1.36. The number of fused-ring (bicyclic) bond motifs is 4. The van der Waals surface area contributed by atoms with Crippen molar-refractivity contribution >= 4 is 113 Å². The second-order valence-corrected chi connectivity index (χ2v) is 16.5. The summed E-state index contributed by atoms with van der Waals surface area (Å²) in [4.78, 5) is 5.20. The lowest BCUT2D eigenvalue weighted by Gasteiger charge is -2.26. The highest BCUT2D eigenvalue weighted by atomic mass is 79.9. The molecule has 1 unspecified atom stereocenters. The first-order valence-electron chi connectivity index (χ1n) is 12.9. The maximum atomic E-state index is 12.9. The number of nitrogens with two attached hydrogens (primary N) is 2. The van der Waals surface area contributed by atoms with Crippen molar-refractivity contribution in [2.75, 3.05) is 16.8 Å². The minimum absolute atomic E-state index is 0.00965. The van der Waals surface area contributed by atoms with E-state index in [2.05, 4.69) is 51.3 Å². The first-order valence-corrected chi connectivity index (χ1v) is 19.8. The van der Waals surface area contributed by atoms with Gasteiger partial charge in [-0.05, 0) is 74.7 Å². The number of nitrogen functional groups attached to an aromatic ring is 2. The summed E-state index contributed by atoms with van der Waals surface area (Å²) in [7, 11) is -15.7. The molecule has 3 aromatic carbocycles. The number of rotatable bonds is 6. The van der Waals surface area contributed by atoms with Crippen molar-refractivity contribution in [3.8, 4) is 28.7 Å². The van der Waals surface area contributed by atoms with Gasteiger partial charge in [0.2, 0.25) is 0 Å². The van der Waals surface area contributed by atoms with Crippen molar-refractivity contribution in [3.63, 3.8) is 0 Å². The van der Waals surface area contributed by atoms with Gasteiger partial charge in [-0.1, -0.05) is 0 Å². The van der Waals surface area contributed by atoms with Gasteiger partial charge in [-0.3, -0.25) is 13.7 Å². The third kappa shape index (κ3) is 6.18. The van der Waals surface area contributed by atoms with Gasteiger partial charge in [0.15, 0.2) is 38.4 Å². The summed E-state index contributed by atoms with van der Waals surface area (Å²) in [5.41, 5.74) is 9.92. The quantitative estimate of drug-likeness (QED) is 0.0597. The van der Waals surface area contributed by atoms with Crippen molar-refractivity contribution in [2.24, 2.45) is 4.99 Å². The molecule has 50 heavy (non-hydrogen) atoms. The van der Waals surface area contributed by atoms with E-state index < -0.39 is 79.0 Å². The van der Waals surface area contributed by atoms with E-state index in [0.717, 1.165) is 12.1 Å². The van der Waals surface area contributed by atoms with E-state index in [9.17, 15) is 47.7 Å². The summed E-state index contributed by atoms with van der Waals surface area (Å²) in [6, 6.07) is 5.34. The molecule has 25 heteroatoms. The highest BCUT2D eigenvalue weighted by Gasteiger charge is 2.35. The molecule has 0 saturated heterocycles. The number of hydrogen-bond donors (Lipinski definition) is 6. The van der Waals surface area contributed by atoms with Crippen LogP contribution >= 0.6 is 31.9 Å². The van der Waals surface area contributed by atoms with Crippen LogP contribution in [0.1, 0.15) is 5.56 Å². The van der Waals surface area contributed by atoms with Crippen LogP contribution in [0.25, 0.3) is 22.6 Å².